The molecule has 9 heteroatoms. The number of H-pyrrole nitrogens is 1. The maximum Gasteiger partial charge on any atom is 0.275 e. The minimum Gasteiger partial charge on any atom is -0.543 e. The van der Waals surface area contributed by atoms with Gasteiger partial charge < -0.3 is 14.9 Å². The van der Waals surface area contributed by atoms with E-state index in [4.69, 9.17) is 0 Å². The topological polar surface area (TPSA) is 121 Å². The van der Waals surface area contributed by atoms with Gasteiger partial charge in [-0.15, -0.1) is 11.3 Å². The monoisotopic (exact) mass is 421 g/mol. The quantitative estimate of drug-likeness (QED) is 0.531. The van der Waals surface area contributed by atoms with Crippen LogP contribution in [0.4, 0.5) is 0 Å². The molecular weight excluding hydrogens is 404 g/mol. The first-order chi connectivity index (χ1) is 14.4. The summed E-state index contributed by atoms with van der Waals surface area (Å²) in [7, 11) is 0. The number of aromatic nitrogens is 4. The molecule has 1 atom stereocenters. The van der Waals surface area contributed by atoms with Crippen LogP contribution < -0.4 is 16.2 Å². The Hall–Kier alpha value is -3.33. The van der Waals surface area contributed by atoms with Crippen molar-refractivity contribution in [2.45, 2.75) is 32.7 Å². The highest BCUT2D eigenvalue weighted by atomic mass is 32.1. The van der Waals surface area contributed by atoms with Gasteiger partial charge in [-0.25, -0.2) is 9.67 Å². The lowest BCUT2D eigenvalue weighted by Gasteiger charge is -2.17. The summed E-state index contributed by atoms with van der Waals surface area (Å²) in [4.78, 5) is 46.3. The Kier molecular flexibility index (Phi) is 4.28. The lowest BCUT2D eigenvalue weighted by atomic mass is 9.89. The Bertz CT molecular complexity index is 1450. The minimum absolute atomic E-state index is 0.145. The minimum atomic E-state index is -1.48. The highest BCUT2D eigenvalue weighted by Gasteiger charge is 2.23. The van der Waals surface area contributed by atoms with Crippen molar-refractivity contribution in [1.82, 2.24) is 19.7 Å². The Morgan fingerprint density at radius 2 is 2.07 bits per heavy atom. The number of benzene rings is 1. The van der Waals surface area contributed by atoms with Gasteiger partial charge in [0.1, 0.15) is 22.9 Å². The Morgan fingerprint density at radius 3 is 2.83 bits per heavy atom. The molecule has 0 aliphatic heterocycles. The van der Waals surface area contributed by atoms with Crippen LogP contribution in [0.5, 0.6) is 0 Å². The van der Waals surface area contributed by atoms with Crippen LogP contribution in [-0.2, 0) is 19.4 Å². The van der Waals surface area contributed by atoms with Crippen molar-refractivity contribution < 1.29 is 9.90 Å². The number of nitrogens with zero attached hydrogens (tertiary/aromatic N) is 3. The smallest absolute Gasteiger partial charge is 0.275 e. The second-order valence-corrected chi connectivity index (χ2v) is 8.77. The van der Waals surface area contributed by atoms with E-state index in [9.17, 15) is 19.5 Å². The molecule has 4 aromatic rings. The van der Waals surface area contributed by atoms with Crippen molar-refractivity contribution in [2.24, 2.45) is 5.92 Å². The number of aromatic amines is 1. The van der Waals surface area contributed by atoms with E-state index < -0.39 is 11.5 Å². The van der Waals surface area contributed by atoms with Gasteiger partial charge in [-0.1, -0.05) is 25.1 Å². The predicted octanol–water partition coefficient (Wildman–Crippen LogP) is 1.23. The van der Waals surface area contributed by atoms with Crippen molar-refractivity contribution in [1.29, 1.82) is 0 Å². The molecule has 0 amide bonds. The van der Waals surface area contributed by atoms with Crippen LogP contribution in [0, 0.1) is 5.92 Å². The Morgan fingerprint density at radius 1 is 1.30 bits per heavy atom. The number of carbonyl (C=O) groups is 1. The first-order valence-corrected chi connectivity index (χ1v) is 10.5. The molecular formula is C21H17N4O4S-. The molecule has 152 valence electrons. The van der Waals surface area contributed by atoms with Gasteiger partial charge in [0, 0.05) is 10.3 Å². The van der Waals surface area contributed by atoms with E-state index in [1.807, 2.05) is 0 Å². The van der Waals surface area contributed by atoms with E-state index in [0.717, 1.165) is 29.5 Å². The van der Waals surface area contributed by atoms with Gasteiger partial charge in [-0.05, 0) is 36.8 Å². The molecule has 3 aromatic heterocycles. The molecule has 1 aromatic carbocycles. The first-order valence-electron chi connectivity index (χ1n) is 9.67. The molecule has 0 unspecified atom stereocenters. The van der Waals surface area contributed by atoms with Gasteiger partial charge in [0.2, 0.25) is 0 Å². The van der Waals surface area contributed by atoms with Gasteiger partial charge in [-0.3, -0.25) is 9.59 Å². The van der Waals surface area contributed by atoms with Gasteiger partial charge in [-0.2, -0.15) is 5.10 Å². The van der Waals surface area contributed by atoms with Gasteiger partial charge in [0.25, 0.3) is 11.1 Å². The standard InChI is InChI=1S/C21H18N4O4S/c1-10-6-7-13-14(8-10)30-19-16(13)18(26)22-15(23-19)9-25-20(27)12-5-3-2-4-11(12)17(24-25)21(28)29/h2-5,10H,6-9H2,1H3,(H,28,29)(H,22,23,26)/p-1/t10-/m0/s1. The fourth-order valence-corrected chi connectivity index (χ4v) is 5.51. The van der Waals surface area contributed by atoms with E-state index in [1.165, 1.54) is 28.3 Å². The van der Waals surface area contributed by atoms with Crippen LogP contribution >= 0.6 is 11.3 Å². The number of thiophene rings is 1. The molecule has 0 saturated carbocycles. The number of hydrogen-bond donors (Lipinski definition) is 1. The molecule has 3 heterocycles. The summed E-state index contributed by atoms with van der Waals surface area (Å²) < 4.78 is 1.01. The van der Waals surface area contributed by atoms with Crippen molar-refractivity contribution in [3.63, 3.8) is 0 Å². The van der Waals surface area contributed by atoms with Crippen LogP contribution in [-0.4, -0.2) is 25.7 Å². The number of carbonyl (C=O) groups excluding carboxylic acids is 1. The third kappa shape index (κ3) is 2.93. The van der Waals surface area contributed by atoms with E-state index in [-0.39, 0.29) is 34.4 Å². The molecule has 0 fully saturated rings. The number of carboxylic acids is 1. The average molecular weight is 421 g/mol. The SMILES string of the molecule is C[C@H]1CCc2c(sc3nc(Cn4nc(C(=O)[O-])c5ccccc5c4=O)[nH]c(=O)c23)C1. The number of nitrogens with one attached hydrogen (secondary N) is 1. The maximum absolute atomic E-state index is 12.8. The number of carboxylic acid groups (broad SMARTS) is 1. The lowest BCUT2D eigenvalue weighted by molar-refractivity contribution is -0.255. The summed E-state index contributed by atoms with van der Waals surface area (Å²) in [6, 6.07) is 6.34. The molecule has 5 rings (SSSR count). The molecule has 0 saturated heterocycles. The van der Waals surface area contributed by atoms with Crippen LogP contribution in [0.25, 0.3) is 21.0 Å². The summed E-state index contributed by atoms with van der Waals surface area (Å²) in [6.07, 6.45) is 2.84. The highest BCUT2D eigenvalue weighted by molar-refractivity contribution is 7.18. The number of fused-ring (bicyclic) bond motifs is 4. The van der Waals surface area contributed by atoms with E-state index in [0.29, 0.717) is 16.1 Å². The first kappa shape index (κ1) is 18.7. The van der Waals surface area contributed by atoms with E-state index in [2.05, 4.69) is 22.0 Å². The second-order valence-electron chi connectivity index (χ2n) is 7.69. The van der Waals surface area contributed by atoms with Gasteiger partial charge >= 0.3 is 0 Å². The normalized spacial score (nSPS) is 16.1. The third-order valence-corrected chi connectivity index (χ3v) is 6.72. The lowest BCUT2D eigenvalue weighted by Crippen LogP contribution is -2.32. The van der Waals surface area contributed by atoms with Crippen LogP contribution in [0.3, 0.4) is 0 Å². The Labute approximate surface area is 173 Å². The summed E-state index contributed by atoms with van der Waals surface area (Å²) in [5.41, 5.74) is 0.0523. The molecule has 1 aliphatic rings. The summed E-state index contributed by atoms with van der Waals surface area (Å²) in [6.45, 7) is 2.05. The van der Waals surface area contributed by atoms with Crippen molar-refractivity contribution in [2.75, 3.05) is 0 Å². The highest BCUT2D eigenvalue weighted by Crippen LogP contribution is 2.35. The number of aryl methyl sites for hydroxylation is 1. The van der Waals surface area contributed by atoms with Gasteiger partial charge in [0.15, 0.2) is 0 Å². The van der Waals surface area contributed by atoms with Crippen molar-refractivity contribution in [3.05, 3.63) is 66.9 Å². The molecule has 1 N–H and O–H groups in total. The van der Waals surface area contributed by atoms with Crippen LogP contribution in [0.15, 0.2) is 33.9 Å². The molecule has 8 nitrogen and oxygen atoms in total. The average Bonchev–Trinajstić information content (AvgIpc) is 3.07. The zero-order chi connectivity index (χ0) is 21.0. The second kappa shape index (κ2) is 6.88. The summed E-state index contributed by atoms with van der Waals surface area (Å²) in [5, 5.41) is 16.6. The molecule has 0 spiro atoms. The molecule has 1 aliphatic carbocycles. The fourth-order valence-electron chi connectivity index (χ4n) is 4.10. The van der Waals surface area contributed by atoms with Crippen molar-refractivity contribution in [3.8, 4) is 0 Å². The zero-order valence-electron chi connectivity index (χ0n) is 16.1. The maximum atomic E-state index is 12.8. The molecule has 30 heavy (non-hydrogen) atoms. The summed E-state index contributed by atoms with van der Waals surface area (Å²) in [5.74, 6) is -0.641. The fraction of sp³-hybridized carbons (Fsp3) is 0.286. The Balaban J connectivity index is 1.64. The van der Waals surface area contributed by atoms with Crippen molar-refractivity contribution >= 4 is 38.3 Å². The summed E-state index contributed by atoms with van der Waals surface area (Å²) >= 11 is 1.51. The third-order valence-electron chi connectivity index (χ3n) is 5.58. The van der Waals surface area contributed by atoms with Gasteiger partial charge in [0.05, 0.1) is 16.7 Å². The largest absolute Gasteiger partial charge is 0.543 e. The number of aromatic carboxylic acids is 1. The van der Waals surface area contributed by atoms with Crippen LogP contribution in [0.2, 0.25) is 0 Å². The van der Waals surface area contributed by atoms with Crippen LogP contribution in [0.1, 0.15) is 40.1 Å². The zero-order valence-corrected chi connectivity index (χ0v) is 16.9. The predicted molar refractivity (Wildman–Crippen MR) is 111 cm³/mol. The molecule has 0 bridgehead atoms. The number of hydrogen-bond acceptors (Lipinski definition) is 7. The van der Waals surface area contributed by atoms with E-state index in [1.54, 1.807) is 12.1 Å². The number of rotatable bonds is 3. The van der Waals surface area contributed by atoms with E-state index >= 15 is 0 Å². The molecule has 0 radical (unpaired) electrons.